The van der Waals surface area contributed by atoms with Crippen molar-refractivity contribution in [3.8, 4) is 0 Å². The van der Waals surface area contributed by atoms with Gasteiger partial charge in [-0.1, -0.05) is 0 Å². The van der Waals surface area contributed by atoms with Gasteiger partial charge in [-0.2, -0.15) is 4.31 Å². The van der Waals surface area contributed by atoms with Gasteiger partial charge in [0.1, 0.15) is 6.61 Å². The van der Waals surface area contributed by atoms with Gasteiger partial charge in [0.15, 0.2) is 0 Å². The molecule has 0 bridgehead atoms. The lowest BCUT2D eigenvalue weighted by Gasteiger charge is -2.22. The quantitative estimate of drug-likeness (QED) is 0.685. The lowest BCUT2D eigenvalue weighted by atomic mass is 9.98. The zero-order valence-electron chi connectivity index (χ0n) is 12.2. The van der Waals surface area contributed by atoms with Crippen molar-refractivity contribution in [2.45, 2.75) is 24.5 Å². The molecule has 1 amide bonds. The average molecular weight is 306 g/mol. The van der Waals surface area contributed by atoms with Crippen molar-refractivity contribution in [3.05, 3.63) is 0 Å². The molecule has 0 aliphatic carbocycles. The molecule has 2 aliphatic rings. The maximum absolute atomic E-state index is 11.5. The molecule has 0 N–H and O–H groups in total. The number of carbonyl (C=O) groups is 1. The number of likely N-dealkylation sites (N-methyl/N-ethyl adjacent to an activating group) is 1. The number of ether oxygens (including phenoxy) is 2. The highest BCUT2D eigenvalue weighted by atomic mass is 32.2. The summed E-state index contributed by atoms with van der Waals surface area (Å²) in [6.07, 6.45) is 2.39. The first kappa shape index (κ1) is 15.7. The standard InChI is InChI=1S/C12H22N2O5S/c1-13(2)11(15)8-18-10-6-12(19-7-10)4-5-14(9-12)20(3,16)17/h10H,4-9H2,1-3H3/t10-,12+/m1/s1. The summed E-state index contributed by atoms with van der Waals surface area (Å²) in [6.45, 7) is 1.32. The zero-order valence-corrected chi connectivity index (χ0v) is 13.0. The Kier molecular flexibility index (Phi) is 4.38. The van der Waals surface area contributed by atoms with E-state index >= 15 is 0 Å². The van der Waals surface area contributed by atoms with E-state index in [1.165, 1.54) is 15.5 Å². The fourth-order valence-electron chi connectivity index (χ4n) is 2.60. The average Bonchev–Trinajstić information content (AvgIpc) is 2.94. The van der Waals surface area contributed by atoms with Crippen LogP contribution in [0.2, 0.25) is 0 Å². The van der Waals surface area contributed by atoms with Crippen LogP contribution in [0.5, 0.6) is 0 Å². The monoisotopic (exact) mass is 306 g/mol. The van der Waals surface area contributed by atoms with E-state index < -0.39 is 15.6 Å². The van der Waals surface area contributed by atoms with Crippen LogP contribution in [0.4, 0.5) is 0 Å². The Bertz CT molecular complexity index is 478. The Morgan fingerprint density at radius 2 is 2.20 bits per heavy atom. The van der Waals surface area contributed by atoms with Gasteiger partial charge >= 0.3 is 0 Å². The van der Waals surface area contributed by atoms with Crippen molar-refractivity contribution in [1.29, 1.82) is 0 Å². The van der Waals surface area contributed by atoms with Crippen LogP contribution in [0.25, 0.3) is 0 Å². The summed E-state index contributed by atoms with van der Waals surface area (Å²) in [5.74, 6) is -0.0878. The molecule has 0 unspecified atom stereocenters. The van der Waals surface area contributed by atoms with E-state index in [1.807, 2.05) is 0 Å². The zero-order chi connectivity index (χ0) is 15.0. The molecule has 20 heavy (non-hydrogen) atoms. The first-order valence-electron chi connectivity index (χ1n) is 6.63. The van der Waals surface area contributed by atoms with Gasteiger partial charge in [-0.3, -0.25) is 4.79 Å². The molecule has 2 rings (SSSR count). The van der Waals surface area contributed by atoms with Gasteiger partial charge < -0.3 is 14.4 Å². The second kappa shape index (κ2) is 5.59. The number of hydrogen-bond acceptors (Lipinski definition) is 5. The lowest BCUT2D eigenvalue weighted by molar-refractivity contribution is -0.135. The van der Waals surface area contributed by atoms with Crippen molar-refractivity contribution in [3.63, 3.8) is 0 Å². The molecule has 0 aromatic rings. The SMILES string of the molecule is CN(C)C(=O)CO[C@H]1CO[C@@]2(CCN(S(C)(=O)=O)C2)C1. The highest BCUT2D eigenvalue weighted by Gasteiger charge is 2.48. The van der Waals surface area contributed by atoms with Crippen molar-refractivity contribution in [1.82, 2.24) is 9.21 Å². The Balaban J connectivity index is 1.85. The van der Waals surface area contributed by atoms with Crippen molar-refractivity contribution >= 4 is 15.9 Å². The number of nitrogens with zero attached hydrogens (tertiary/aromatic N) is 2. The highest BCUT2D eigenvalue weighted by molar-refractivity contribution is 7.88. The Hall–Kier alpha value is -0.700. The Labute approximate surface area is 119 Å². The minimum atomic E-state index is -3.17. The Morgan fingerprint density at radius 3 is 2.75 bits per heavy atom. The van der Waals surface area contributed by atoms with E-state index in [1.54, 1.807) is 14.1 Å². The second-order valence-electron chi connectivity index (χ2n) is 5.77. The van der Waals surface area contributed by atoms with Crippen LogP contribution in [0.3, 0.4) is 0 Å². The van der Waals surface area contributed by atoms with E-state index in [2.05, 4.69) is 0 Å². The predicted octanol–water partition coefficient (Wildman–Crippen LogP) is -0.716. The van der Waals surface area contributed by atoms with Crippen LogP contribution in [-0.2, 0) is 24.3 Å². The minimum absolute atomic E-state index is 0.0346. The largest absolute Gasteiger partial charge is 0.371 e. The van der Waals surface area contributed by atoms with Crippen LogP contribution in [0, 0.1) is 0 Å². The third kappa shape index (κ3) is 3.49. The molecular formula is C12H22N2O5S. The molecule has 8 heteroatoms. The van der Waals surface area contributed by atoms with E-state index in [4.69, 9.17) is 9.47 Å². The molecule has 2 saturated heterocycles. The number of amides is 1. The van der Waals surface area contributed by atoms with Crippen LogP contribution in [0.1, 0.15) is 12.8 Å². The molecule has 0 saturated carbocycles. The van der Waals surface area contributed by atoms with E-state index in [0.717, 1.165) is 0 Å². The van der Waals surface area contributed by atoms with Gasteiger partial charge in [0.05, 0.1) is 24.6 Å². The smallest absolute Gasteiger partial charge is 0.248 e. The summed E-state index contributed by atoms with van der Waals surface area (Å²) in [6, 6.07) is 0. The van der Waals surface area contributed by atoms with E-state index in [9.17, 15) is 13.2 Å². The molecule has 2 heterocycles. The Morgan fingerprint density at radius 1 is 1.50 bits per heavy atom. The van der Waals surface area contributed by atoms with Gasteiger partial charge in [-0.25, -0.2) is 8.42 Å². The molecular weight excluding hydrogens is 284 g/mol. The second-order valence-corrected chi connectivity index (χ2v) is 7.75. The molecule has 2 aliphatic heterocycles. The fraction of sp³-hybridized carbons (Fsp3) is 0.917. The van der Waals surface area contributed by atoms with Gasteiger partial charge in [0, 0.05) is 33.6 Å². The summed E-state index contributed by atoms with van der Waals surface area (Å²) in [5, 5.41) is 0. The molecule has 0 radical (unpaired) electrons. The van der Waals surface area contributed by atoms with Crippen molar-refractivity contribution in [2.24, 2.45) is 0 Å². The summed E-state index contributed by atoms with van der Waals surface area (Å²) in [5.41, 5.74) is -0.436. The maximum Gasteiger partial charge on any atom is 0.248 e. The molecule has 116 valence electrons. The van der Waals surface area contributed by atoms with Crippen LogP contribution in [0.15, 0.2) is 0 Å². The van der Waals surface area contributed by atoms with Gasteiger partial charge in [0.2, 0.25) is 15.9 Å². The van der Waals surface area contributed by atoms with E-state index in [-0.39, 0.29) is 18.6 Å². The van der Waals surface area contributed by atoms with E-state index in [0.29, 0.717) is 32.5 Å². The van der Waals surface area contributed by atoms with Crippen molar-refractivity contribution < 1.29 is 22.7 Å². The third-order valence-electron chi connectivity index (χ3n) is 3.87. The topological polar surface area (TPSA) is 76.2 Å². The molecule has 2 fully saturated rings. The molecule has 2 atom stereocenters. The van der Waals surface area contributed by atoms with Gasteiger partial charge in [0.25, 0.3) is 0 Å². The normalized spacial score (nSPS) is 31.1. The molecule has 1 spiro atoms. The van der Waals surface area contributed by atoms with Crippen LogP contribution < -0.4 is 0 Å². The molecule has 0 aromatic carbocycles. The fourth-order valence-corrected chi connectivity index (χ4v) is 3.50. The van der Waals surface area contributed by atoms with Gasteiger partial charge in [-0.05, 0) is 6.42 Å². The summed E-state index contributed by atoms with van der Waals surface area (Å²) in [4.78, 5) is 12.9. The van der Waals surface area contributed by atoms with Crippen LogP contribution >= 0.6 is 0 Å². The van der Waals surface area contributed by atoms with Crippen LogP contribution in [-0.4, -0.2) is 81.9 Å². The number of hydrogen-bond donors (Lipinski definition) is 0. The predicted molar refractivity (Wildman–Crippen MR) is 72.8 cm³/mol. The number of sulfonamides is 1. The maximum atomic E-state index is 11.5. The highest BCUT2D eigenvalue weighted by Crippen LogP contribution is 2.36. The lowest BCUT2D eigenvalue weighted by Crippen LogP contribution is -2.35. The molecule has 0 aromatic heterocycles. The molecule has 7 nitrogen and oxygen atoms in total. The summed E-state index contributed by atoms with van der Waals surface area (Å²) >= 11 is 0. The first-order valence-corrected chi connectivity index (χ1v) is 8.47. The number of carbonyl (C=O) groups excluding carboxylic acids is 1. The minimum Gasteiger partial charge on any atom is -0.371 e. The third-order valence-corrected chi connectivity index (χ3v) is 5.12. The van der Waals surface area contributed by atoms with Gasteiger partial charge in [-0.15, -0.1) is 0 Å². The number of rotatable bonds is 4. The summed E-state index contributed by atoms with van der Waals surface area (Å²) < 4.78 is 35.8. The first-order chi connectivity index (χ1) is 9.22. The summed E-state index contributed by atoms with van der Waals surface area (Å²) in [7, 11) is 0.191. The van der Waals surface area contributed by atoms with Crippen molar-refractivity contribution in [2.75, 3.05) is 46.7 Å².